The van der Waals surface area contributed by atoms with Crippen molar-refractivity contribution in [3.8, 4) is 0 Å². The maximum Gasteiger partial charge on any atom is 0.246 e. The maximum absolute atomic E-state index is 12.5. The van der Waals surface area contributed by atoms with Crippen molar-refractivity contribution in [3.05, 3.63) is 60.7 Å². The summed E-state index contributed by atoms with van der Waals surface area (Å²) in [6.07, 6.45) is 2.08. The van der Waals surface area contributed by atoms with E-state index in [1.807, 2.05) is 65.6 Å². The number of carbonyl (C=O) groups excluding carboxylic acids is 1. The van der Waals surface area contributed by atoms with Gasteiger partial charge in [0.1, 0.15) is 0 Å². The molecule has 21 heavy (non-hydrogen) atoms. The molecule has 0 aromatic heterocycles. The molecule has 0 spiro atoms. The zero-order chi connectivity index (χ0) is 14.9. The molecule has 3 nitrogen and oxygen atoms in total. The normalized spacial score (nSPS) is 10.1. The van der Waals surface area contributed by atoms with Crippen molar-refractivity contribution in [2.75, 3.05) is 23.3 Å². The fourth-order valence-electron chi connectivity index (χ4n) is 2.15. The van der Waals surface area contributed by atoms with Gasteiger partial charge in [-0.3, -0.25) is 4.79 Å². The number of nitrogens with zero attached hydrogens (tertiary/aromatic N) is 1. The van der Waals surface area contributed by atoms with E-state index >= 15 is 0 Å². The highest BCUT2D eigenvalue weighted by molar-refractivity contribution is 5.96. The van der Waals surface area contributed by atoms with E-state index in [-0.39, 0.29) is 5.91 Å². The molecule has 0 saturated heterocycles. The number of amides is 1. The van der Waals surface area contributed by atoms with Crippen molar-refractivity contribution in [2.24, 2.45) is 0 Å². The van der Waals surface area contributed by atoms with E-state index in [0.29, 0.717) is 6.54 Å². The summed E-state index contributed by atoms with van der Waals surface area (Å²) in [5.41, 5.74) is 1.93. The van der Waals surface area contributed by atoms with Gasteiger partial charge in [-0.15, -0.1) is 0 Å². The van der Waals surface area contributed by atoms with E-state index in [2.05, 4.69) is 12.2 Å². The van der Waals surface area contributed by atoms with Crippen molar-refractivity contribution in [3.63, 3.8) is 0 Å². The van der Waals surface area contributed by atoms with E-state index in [9.17, 15) is 4.79 Å². The molecule has 0 radical (unpaired) electrons. The van der Waals surface area contributed by atoms with Crippen LogP contribution in [-0.2, 0) is 4.79 Å². The summed E-state index contributed by atoms with van der Waals surface area (Å²) in [6.45, 7) is 3.20. The quantitative estimate of drug-likeness (QED) is 0.834. The number of rotatable bonds is 7. The molecule has 2 aromatic rings. The molecule has 0 aliphatic carbocycles. The van der Waals surface area contributed by atoms with Crippen molar-refractivity contribution < 1.29 is 4.79 Å². The first-order valence-electron chi connectivity index (χ1n) is 7.45. The highest BCUT2D eigenvalue weighted by atomic mass is 16.2. The fourth-order valence-corrected chi connectivity index (χ4v) is 2.15. The average Bonchev–Trinajstić information content (AvgIpc) is 2.55. The number of unbranched alkanes of at least 4 members (excludes halogenated alkanes) is 1. The van der Waals surface area contributed by atoms with Gasteiger partial charge in [0.15, 0.2) is 0 Å². The third-order valence-corrected chi connectivity index (χ3v) is 3.32. The molecular weight excluding hydrogens is 260 g/mol. The van der Waals surface area contributed by atoms with E-state index in [0.717, 1.165) is 30.8 Å². The van der Waals surface area contributed by atoms with Crippen LogP contribution in [0.2, 0.25) is 0 Å². The second-order valence-corrected chi connectivity index (χ2v) is 4.95. The van der Waals surface area contributed by atoms with Crippen LogP contribution in [0.5, 0.6) is 0 Å². The summed E-state index contributed by atoms with van der Waals surface area (Å²) in [4.78, 5) is 14.3. The molecule has 3 heteroatoms. The Morgan fingerprint density at radius 3 is 2.24 bits per heavy atom. The van der Waals surface area contributed by atoms with Crippen molar-refractivity contribution >= 4 is 17.3 Å². The topological polar surface area (TPSA) is 32.3 Å². The van der Waals surface area contributed by atoms with Gasteiger partial charge in [-0.2, -0.15) is 0 Å². The lowest BCUT2D eigenvalue weighted by atomic mass is 10.2. The summed E-state index contributed by atoms with van der Waals surface area (Å²) in [5.74, 6) is 0.0958. The van der Waals surface area contributed by atoms with Crippen LogP contribution >= 0.6 is 0 Å². The molecule has 0 saturated carbocycles. The summed E-state index contributed by atoms with van der Waals surface area (Å²) in [5, 5.41) is 3.18. The van der Waals surface area contributed by atoms with Gasteiger partial charge in [0, 0.05) is 17.9 Å². The number of hydrogen-bond acceptors (Lipinski definition) is 2. The smallest absolute Gasteiger partial charge is 0.246 e. The molecule has 1 N–H and O–H groups in total. The largest absolute Gasteiger partial charge is 0.376 e. The highest BCUT2D eigenvalue weighted by Gasteiger charge is 2.14. The van der Waals surface area contributed by atoms with Crippen LogP contribution in [-0.4, -0.2) is 19.0 Å². The summed E-state index contributed by atoms with van der Waals surface area (Å²) in [7, 11) is 0. The van der Waals surface area contributed by atoms with Gasteiger partial charge >= 0.3 is 0 Å². The molecule has 0 aliphatic heterocycles. The van der Waals surface area contributed by atoms with Gasteiger partial charge in [0.25, 0.3) is 0 Å². The zero-order valence-electron chi connectivity index (χ0n) is 12.5. The zero-order valence-corrected chi connectivity index (χ0v) is 12.5. The van der Waals surface area contributed by atoms with Crippen molar-refractivity contribution in [2.45, 2.75) is 19.8 Å². The van der Waals surface area contributed by atoms with Crippen molar-refractivity contribution in [1.82, 2.24) is 0 Å². The monoisotopic (exact) mass is 282 g/mol. The third kappa shape index (κ3) is 4.63. The lowest BCUT2D eigenvalue weighted by molar-refractivity contribution is -0.117. The van der Waals surface area contributed by atoms with Crippen LogP contribution in [0.1, 0.15) is 19.8 Å². The van der Waals surface area contributed by atoms with Crippen molar-refractivity contribution in [1.29, 1.82) is 0 Å². The second-order valence-electron chi connectivity index (χ2n) is 4.95. The summed E-state index contributed by atoms with van der Waals surface area (Å²) >= 11 is 0. The molecular formula is C18H22N2O. The SMILES string of the molecule is CCCCN(C(=O)CNc1ccccc1)c1ccccc1. The minimum Gasteiger partial charge on any atom is -0.376 e. The minimum atomic E-state index is 0.0958. The molecule has 2 aromatic carbocycles. The number of para-hydroxylation sites is 2. The predicted octanol–water partition coefficient (Wildman–Crippen LogP) is 3.93. The van der Waals surface area contributed by atoms with Gasteiger partial charge < -0.3 is 10.2 Å². The molecule has 0 bridgehead atoms. The standard InChI is InChI=1S/C18H22N2O/c1-2-3-14-20(17-12-8-5-9-13-17)18(21)15-19-16-10-6-4-7-11-16/h4-13,19H,2-3,14-15H2,1H3. The third-order valence-electron chi connectivity index (χ3n) is 3.32. The number of carbonyl (C=O) groups is 1. The van der Waals surface area contributed by atoms with Gasteiger partial charge in [-0.05, 0) is 30.7 Å². The minimum absolute atomic E-state index is 0.0958. The number of anilines is 2. The van der Waals surface area contributed by atoms with E-state index < -0.39 is 0 Å². The Balaban J connectivity index is 2.01. The molecule has 0 fully saturated rings. The first-order chi connectivity index (χ1) is 10.3. The molecule has 0 aliphatic rings. The Morgan fingerprint density at radius 2 is 1.62 bits per heavy atom. The van der Waals surface area contributed by atoms with Crippen LogP contribution in [0.4, 0.5) is 11.4 Å². The number of benzene rings is 2. The van der Waals surface area contributed by atoms with E-state index in [1.54, 1.807) is 0 Å². The molecule has 1 amide bonds. The first kappa shape index (κ1) is 15.1. The Bertz CT molecular complexity index is 540. The Morgan fingerprint density at radius 1 is 1.00 bits per heavy atom. The van der Waals surface area contributed by atoms with Crippen LogP contribution in [0, 0.1) is 0 Å². The van der Waals surface area contributed by atoms with Crippen LogP contribution in [0.25, 0.3) is 0 Å². The van der Waals surface area contributed by atoms with Gasteiger partial charge in [-0.25, -0.2) is 0 Å². The number of hydrogen-bond donors (Lipinski definition) is 1. The maximum atomic E-state index is 12.5. The van der Waals surface area contributed by atoms with Gasteiger partial charge in [0.05, 0.1) is 6.54 Å². The lowest BCUT2D eigenvalue weighted by Crippen LogP contribution is -2.36. The Kier molecular flexibility index (Phi) is 5.83. The fraction of sp³-hybridized carbons (Fsp3) is 0.278. The van der Waals surface area contributed by atoms with E-state index in [4.69, 9.17) is 0 Å². The second kappa shape index (κ2) is 8.10. The average molecular weight is 282 g/mol. The van der Waals surface area contributed by atoms with Crippen LogP contribution in [0.3, 0.4) is 0 Å². The molecule has 0 heterocycles. The Labute approximate surface area is 126 Å². The highest BCUT2D eigenvalue weighted by Crippen LogP contribution is 2.15. The predicted molar refractivity (Wildman–Crippen MR) is 88.6 cm³/mol. The molecule has 110 valence electrons. The lowest BCUT2D eigenvalue weighted by Gasteiger charge is -2.23. The number of nitrogens with one attached hydrogen (secondary N) is 1. The van der Waals surface area contributed by atoms with Gasteiger partial charge in [0.2, 0.25) is 5.91 Å². The summed E-state index contributed by atoms with van der Waals surface area (Å²) < 4.78 is 0. The molecule has 0 atom stereocenters. The van der Waals surface area contributed by atoms with E-state index in [1.165, 1.54) is 0 Å². The Hall–Kier alpha value is -2.29. The van der Waals surface area contributed by atoms with Crippen LogP contribution < -0.4 is 10.2 Å². The summed E-state index contributed by atoms with van der Waals surface area (Å²) in [6, 6.07) is 19.7. The van der Waals surface area contributed by atoms with Gasteiger partial charge in [-0.1, -0.05) is 49.7 Å². The molecule has 2 rings (SSSR count). The molecule has 0 unspecified atom stereocenters. The first-order valence-corrected chi connectivity index (χ1v) is 7.45. The van der Waals surface area contributed by atoms with Crippen LogP contribution in [0.15, 0.2) is 60.7 Å².